The smallest absolute Gasteiger partial charge is 0.423 e. The predicted octanol–water partition coefficient (Wildman–Crippen LogP) is 5.88. The Bertz CT molecular complexity index is 3090. The number of hydrogen-bond donors (Lipinski definition) is 4. The zero-order valence-electron chi connectivity index (χ0n) is 34.6. The minimum atomic E-state index is -4.78. The van der Waals surface area contributed by atoms with Crippen molar-refractivity contribution in [1.29, 1.82) is 0 Å². The average Bonchev–Trinajstić information content (AvgIpc) is 4.12. The number of rotatable bonds is 8. The van der Waals surface area contributed by atoms with Gasteiger partial charge in [-0.05, 0) is 70.3 Å². The van der Waals surface area contributed by atoms with E-state index in [9.17, 15) is 26.3 Å². The normalized spacial score (nSPS) is 17.0. The van der Waals surface area contributed by atoms with Crippen molar-refractivity contribution >= 4 is 40.4 Å². The maximum Gasteiger partial charge on any atom is 0.573 e. The Hall–Kier alpha value is -7.96. The van der Waals surface area contributed by atoms with Crippen molar-refractivity contribution in [2.75, 3.05) is 0 Å². The topological polar surface area (TPSA) is 223 Å². The largest absolute Gasteiger partial charge is 0.573 e. The van der Waals surface area contributed by atoms with Gasteiger partial charge in [-0.25, -0.2) is 39.9 Å². The van der Waals surface area contributed by atoms with Crippen LogP contribution < -0.4 is 26.4 Å². The third-order valence-corrected chi connectivity index (χ3v) is 10.8. The Morgan fingerprint density at radius 3 is 1.43 bits per heavy atom. The maximum atomic E-state index is 12.6. The first-order valence-electron chi connectivity index (χ1n) is 19.7. The van der Waals surface area contributed by atoms with E-state index in [0.717, 1.165) is 26.7 Å². The van der Waals surface area contributed by atoms with Gasteiger partial charge in [-0.3, -0.25) is 9.13 Å². The lowest BCUT2D eigenvalue weighted by atomic mass is 9.82. The van der Waals surface area contributed by atoms with Crippen molar-refractivity contribution in [2.45, 2.75) is 23.8 Å². The van der Waals surface area contributed by atoms with Crippen LogP contribution >= 0.6 is 15.9 Å². The molecule has 16 nitrogen and oxygen atoms in total. The van der Waals surface area contributed by atoms with E-state index in [2.05, 4.69) is 60.3 Å². The quantitative estimate of drug-likeness (QED) is 0.104. The van der Waals surface area contributed by atoms with Crippen LogP contribution in [0.25, 0.3) is 11.1 Å². The number of nitrogens with zero attached hydrogens (tertiary/aromatic N) is 10. The van der Waals surface area contributed by atoms with E-state index in [4.69, 9.17) is 26.5 Å². The summed E-state index contributed by atoms with van der Waals surface area (Å²) in [5.41, 5.74) is 14.7. The zero-order valence-corrected chi connectivity index (χ0v) is 36.2. The van der Waals surface area contributed by atoms with Crippen molar-refractivity contribution in [1.82, 2.24) is 39.0 Å². The van der Waals surface area contributed by atoms with Crippen molar-refractivity contribution < 1.29 is 45.9 Å². The number of aliphatic imine (C=N–C) groups is 2. The summed E-state index contributed by atoms with van der Waals surface area (Å²) in [6.07, 6.45) is 5.88. The molecule has 10 rings (SSSR count). The fourth-order valence-electron chi connectivity index (χ4n) is 7.50. The number of fused-ring (bicyclic) bond motifs is 2. The highest BCUT2D eigenvalue weighted by molar-refractivity contribution is 9.10. The van der Waals surface area contributed by atoms with E-state index in [0.29, 0.717) is 28.2 Å². The summed E-state index contributed by atoms with van der Waals surface area (Å²) in [5, 5.41) is 17.0. The Kier molecular flexibility index (Phi) is 12.8. The van der Waals surface area contributed by atoms with Crippen LogP contribution in [0, 0.1) is 0 Å². The number of ether oxygens (including phenoxy) is 2. The van der Waals surface area contributed by atoms with Gasteiger partial charge in [-0.1, -0.05) is 70.5 Å². The highest BCUT2D eigenvalue weighted by atomic mass is 79.9. The second kappa shape index (κ2) is 18.7. The lowest BCUT2D eigenvalue weighted by molar-refractivity contribution is -0.275. The summed E-state index contributed by atoms with van der Waals surface area (Å²) in [6, 6.07) is 26.1. The summed E-state index contributed by atoms with van der Waals surface area (Å²) in [7, 11) is -1.47. The standard InChI is InChI=1S/C22H15F3N6O.C18H12BrF3N4O.C4H5BN2O2/c23-22(24,25)32-18-6-4-16(5-7-18)21(19-29-8-9-31(19)20(26)30-21)17-3-1-2-14(10-17)15-11-27-13-28-12-15;19-13-3-1-2-12(10-13)17(15-24-8-9-26(15)16(23)25-17)11-4-6-14(7-5-11)27-18(20,21)22;8-5(9)4-1-6-3-7-2-4/h1-13H,(H2,26,30);1-10H,(H2,23,25);1-3,8-9H. The number of benzene rings is 4. The molecule has 6 heterocycles. The van der Waals surface area contributed by atoms with Gasteiger partial charge in [0, 0.05) is 65.1 Å². The highest BCUT2D eigenvalue weighted by Gasteiger charge is 2.47. The molecule has 0 aliphatic carbocycles. The number of alkyl halides is 6. The summed E-state index contributed by atoms with van der Waals surface area (Å²) < 4.78 is 87.3. The van der Waals surface area contributed by atoms with E-state index in [1.165, 1.54) is 73.6 Å². The fourth-order valence-corrected chi connectivity index (χ4v) is 7.90. The average molecular weight is 998 g/mol. The molecular weight excluding hydrogens is 965 g/mol. The van der Waals surface area contributed by atoms with Gasteiger partial charge < -0.3 is 31.0 Å². The molecule has 0 fully saturated rings. The minimum absolute atomic E-state index is 0.224. The molecule has 6 N–H and O–H groups in total. The number of hydrogen-bond acceptors (Lipinski definition) is 14. The number of imidazole rings is 2. The van der Waals surface area contributed by atoms with Crippen molar-refractivity contribution in [3.05, 3.63) is 198 Å². The molecule has 0 amide bonds. The molecule has 0 bridgehead atoms. The lowest BCUT2D eigenvalue weighted by Gasteiger charge is -2.27. The van der Waals surface area contributed by atoms with Crippen molar-refractivity contribution in [2.24, 2.45) is 21.5 Å². The Morgan fingerprint density at radius 2 is 1.00 bits per heavy atom. The first-order valence-corrected chi connectivity index (χ1v) is 20.5. The van der Waals surface area contributed by atoms with E-state index in [1.807, 2.05) is 48.5 Å². The summed E-state index contributed by atoms with van der Waals surface area (Å²) in [4.78, 5) is 33.5. The second-order valence-electron chi connectivity index (χ2n) is 14.5. The molecule has 0 spiro atoms. The summed E-state index contributed by atoms with van der Waals surface area (Å²) in [5.74, 6) is 0.919. The van der Waals surface area contributed by atoms with Gasteiger partial charge in [0.05, 0.1) is 0 Å². The number of halogens is 7. The van der Waals surface area contributed by atoms with Gasteiger partial charge in [0.25, 0.3) is 0 Å². The molecule has 2 unspecified atom stereocenters. The molecule has 2 aliphatic rings. The van der Waals surface area contributed by atoms with Crippen LogP contribution in [0.4, 0.5) is 26.3 Å². The first-order chi connectivity index (χ1) is 32.5. The maximum absolute atomic E-state index is 12.6. The van der Waals surface area contributed by atoms with Crippen LogP contribution in [0.1, 0.15) is 33.9 Å². The molecule has 4 aromatic carbocycles. The Balaban J connectivity index is 0.000000157. The van der Waals surface area contributed by atoms with Crippen molar-refractivity contribution in [3.8, 4) is 22.6 Å². The zero-order chi connectivity index (χ0) is 48.3. The highest BCUT2D eigenvalue weighted by Crippen LogP contribution is 2.45. The summed E-state index contributed by atoms with van der Waals surface area (Å²) in [6.45, 7) is 0. The Labute approximate surface area is 389 Å². The molecule has 2 atom stereocenters. The van der Waals surface area contributed by atoms with E-state index in [1.54, 1.807) is 46.3 Å². The molecule has 68 heavy (non-hydrogen) atoms. The minimum Gasteiger partial charge on any atom is -0.423 e. The molecule has 344 valence electrons. The van der Waals surface area contributed by atoms with Gasteiger partial charge in [-0.15, -0.1) is 26.3 Å². The molecule has 0 saturated heterocycles. The molecule has 4 aromatic heterocycles. The van der Waals surface area contributed by atoms with Gasteiger partial charge in [0.1, 0.15) is 24.2 Å². The third kappa shape index (κ3) is 9.63. The van der Waals surface area contributed by atoms with Gasteiger partial charge in [0.15, 0.2) is 22.7 Å². The SMILES string of the molecule is NC1=NC(c2ccc(OC(F)(F)F)cc2)(c2cccc(-c3cncnc3)c2)c2nccn21.NC1=NC(c2ccc(OC(F)(F)F)cc2)(c2cccc(Br)c2)c2nccn21.OB(O)c1cncnc1. The first kappa shape index (κ1) is 46.6. The van der Waals surface area contributed by atoms with Crippen LogP contribution in [0.5, 0.6) is 11.5 Å². The van der Waals surface area contributed by atoms with E-state index in [-0.39, 0.29) is 23.4 Å². The summed E-state index contributed by atoms with van der Waals surface area (Å²) >= 11 is 3.44. The predicted molar refractivity (Wildman–Crippen MR) is 238 cm³/mol. The van der Waals surface area contributed by atoms with E-state index >= 15 is 0 Å². The van der Waals surface area contributed by atoms with Crippen LogP contribution in [-0.2, 0) is 11.1 Å². The lowest BCUT2D eigenvalue weighted by Crippen LogP contribution is -2.30. The molecule has 2 aliphatic heterocycles. The van der Waals surface area contributed by atoms with E-state index < -0.39 is 30.9 Å². The molecular formula is C44H32BBrF6N12O4. The van der Waals surface area contributed by atoms with Crippen LogP contribution in [0.3, 0.4) is 0 Å². The van der Waals surface area contributed by atoms with Crippen LogP contribution in [-0.4, -0.2) is 80.8 Å². The fraction of sp³-hybridized carbons (Fsp3) is 0.0909. The van der Waals surface area contributed by atoms with Crippen molar-refractivity contribution in [3.63, 3.8) is 0 Å². The Morgan fingerprint density at radius 1 is 0.559 bits per heavy atom. The van der Waals surface area contributed by atoms with Crippen LogP contribution in [0.2, 0.25) is 0 Å². The molecule has 8 aromatic rings. The number of aromatic nitrogens is 8. The molecule has 0 saturated carbocycles. The van der Waals surface area contributed by atoms with Gasteiger partial charge in [0.2, 0.25) is 11.9 Å². The van der Waals surface area contributed by atoms with Crippen LogP contribution in [0.15, 0.2) is 174 Å². The monoisotopic (exact) mass is 996 g/mol. The molecule has 24 heteroatoms. The van der Waals surface area contributed by atoms with Gasteiger partial charge >= 0.3 is 19.8 Å². The molecule has 0 radical (unpaired) electrons. The number of nitrogens with two attached hydrogens (primary N) is 2. The van der Waals surface area contributed by atoms with Gasteiger partial charge in [-0.2, -0.15) is 0 Å². The third-order valence-electron chi connectivity index (χ3n) is 10.3. The second-order valence-corrected chi connectivity index (χ2v) is 15.4.